The Hall–Kier alpha value is -2.67. The number of nitrogens with zero attached hydrogens (tertiary/aromatic N) is 3. The van der Waals surface area contributed by atoms with E-state index in [4.69, 9.17) is 5.11 Å². The van der Waals surface area contributed by atoms with Gasteiger partial charge in [0.1, 0.15) is 0 Å². The van der Waals surface area contributed by atoms with Gasteiger partial charge < -0.3 is 14.9 Å². The molecule has 0 atom stereocenters. The molecule has 1 saturated heterocycles. The van der Waals surface area contributed by atoms with Crippen LogP contribution in [-0.2, 0) is 6.42 Å². The van der Waals surface area contributed by atoms with Crippen molar-refractivity contribution in [2.75, 3.05) is 36.0 Å². The molecule has 1 aromatic heterocycles. The molecule has 0 saturated carbocycles. The Bertz CT molecular complexity index is 897. The van der Waals surface area contributed by atoms with E-state index in [-0.39, 0.29) is 4.74 Å². The molecule has 6 nitrogen and oxygen atoms in total. The van der Waals surface area contributed by atoms with Crippen LogP contribution in [0.1, 0.15) is 21.6 Å². The molecule has 0 amide bonds. The minimum atomic E-state index is -0.914. The molecule has 1 aliphatic heterocycles. The van der Waals surface area contributed by atoms with Crippen molar-refractivity contribution in [3.63, 3.8) is 0 Å². The van der Waals surface area contributed by atoms with E-state index in [0.29, 0.717) is 12.0 Å². The number of fused-ring (bicyclic) bond motifs is 1. The highest BCUT2D eigenvalue weighted by atomic mass is 32.1. The van der Waals surface area contributed by atoms with Crippen molar-refractivity contribution < 1.29 is 9.90 Å². The first kappa shape index (κ1) is 15.8. The number of rotatable bonds is 3. The number of carbonyl (C=O) groups is 1. The number of carboxylic acids is 1. The van der Waals surface area contributed by atoms with Gasteiger partial charge in [0.15, 0.2) is 5.13 Å². The van der Waals surface area contributed by atoms with Crippen LogP contribution in [0.15, 0.2) is 35.1 Å². The minimum Gasteiger partial charge on any atom is -0.478 e. The van der Waals surface area contributed by atoms with Crippen molar-refractivity contribution in [3.8, 4) is 0 Å². The predicted octanol–water partition coefficient (Wildman–Crippen LogP) is 2.10. The maximum atomic E-state index is 12.2. The third-order valence-electron chi connectivity index (χ3n) is 4.58. The summed E-state index contributed by atoms with van der Waals surface area (Å²) in [7, 11) is 0. The summed E-state index contributed by atoms with van der Waals surface area (Å²) in [5, 5.41) is 9.77. The van der Waals surface area contributed by atoms with Crippen LogP contribution in [0.2, 0.25) is 0 Å². The van der Waals surface area contributed by atoms with Gasteiger partial charge in [-0.3, -0.25) is 4.79 Å². The lowest BCUT2D eigenvalue weighted by atomic mass is 10.2. The number of allylic oxidation sites excluding steroid dienone is 1. The fraction of sp³-hybridized carbons (Fsp3) is 0.278. The molecule has 0 spiro atoms. The van der Waals surface area contributed by atoms with Gasteiger partial charge in [-0.15, -0.1) is 0 Å². The second-order valence-corrected chi connectivity index (χ2v) is 7.02. The van der Waals surface area contributed by atoms with Crippen LogP contribution in [0.5, 0.6) is 0 Å². The highest BCUT2D eigenvalue weighted by Crippen LogP contribution is 2.24. The van der Waals surface area contributed by atoms with Crippen molar-refractivity contribution in [1.82, 2.24) is 4.98 Å². The highest BCUT2D eigenvalue weighted by Gasteiger charge is 2.22. The van der Waals surface area contributed by atoms with E-state index in [9.17, 15) is 9.59 Å². The second-order valence-electron chi connectivity index (χ2n) is 6.08. The Morgan fingerprint density at radius 1 is 1.08 bits per heavy atom. The zero-order chi connectivity index (χ0) is 17.4. The Morgan fingerprint density at radius 3 is 2.44 bits per heavy atom. The van der Waals surface area contributed by atoms with E-state index < -0.39 is 5.97 Å². The molecule has 2 heterocycles. The van der Waals surface area contributed by atoms with Gasteiger partial charge in [0.2, 0.25) is 4.74 Å². The Labute approximate surface area is 148 Å². The second kappa shape index (κ2) is 6.33. The van der Waals surface area contributed by atoms with Gasteiger partial charge in [-0.25, -0.2) is 9.78 Å². The smallest absolute Gasteiger partial charge is 0.335 e. The normalized spacial score (nSPS) is 16.2. The van der Waals surface area contributed by atoms with Gasteiger partial charge >= 0.3 is 5.97 Å². The van der Waals surface area contributed by atoms with Crippen molar-refractivity contribution >= 4 is 34.2 Å². The summed E-state index contributed by atoms with van der Waals surface area (Å²) in [4.78, 5) is 32.2. The Morgan fingerprint density at radius 2 is 1.76 bits per heavy atom. The average molecular weight is 355 g/mol. The van der Waals surface area contributed by atoms with Crippen LogP contribution in [0.4, 0.5) is 10.8 Å². The number of hydrogen-bond acceptors (Lipinski definition) is 6. The Kier molecular flexibility index (Phi) is 4.01. The predicted molar refractivity (Wildman–Crippen MR) is 98.9 cm³/mol. The molecule has 2 aliphatic rings. The van der Waals surface area contributed by atoms with Gasteiger partial charge in [0, 0.05) is 37.4 Å². The number of piperazine rings is 1. The van der Waals surface area contributed by atoms with Gasteiger partial charge in [0.25, 0.3) is 0 Å². The minimum absolute atomic E-state index is 0.108. The number of anilines is 2. The van der Waals surface area contributed by atoms with E-state index in [1.54, 1.807) is 12.1 Å². The van der Waals surface area contributed by atoms with Crippen LogP contribution in [0.3, 0.4) is 0 Å². The zero-order valence-electron chi connectivity index (χ0n) is 13.5. The molecule has 128 valence electrons. The Balaban J connectivity index is 1.46. The van der Waals surface area contributed by atoms with E-state index >= 15 is 0 Å². The molecular weight excluding hydrogens is 338 g/mol. The molecule has 7 heteroatoms. The molecule has 0 radical (unpaired) electrons. The number of carboxylic acid groups (broad SMARTS) is 1. The molecule has 4 rings (SSSR count). The molecule has 2 aromatic rings. The number of benzene rings is 1. The van der Waals surface area contributed by atoms with Crippen molar-refractivity contribution in [3.05, 3.63) is 56.7 Å². The summed E-state index contributed by atoms with van der Waals surface area (Å²) in [6.45, 7) is 3.18. The number of aromatic carboxylic acids is 1. The fourth-order valence-corrected chi connectivity index (χ4v) is 4.10. The number of hydrogen-bond donors (Lipinski definition) is 1. The largest absolute Gasteiger partial charge is 0.478 e. The summed E-state index contributed by atoms with van der Waals surface area (Å²) in [6, 6.07) is 6.94. The van der Waals surface area contributed by atoms with E-state index in [0.717, 1.165) is 48.3 Å². The van der Waals surface area contributed by atoms with Gasteiger partial charge in [-0.2, -0.15) is 0 Å². The quantitative estimate of drug-likeness (QED) is 0.909. The van der Waals surface area contributed by atoms with E-state index in [2.05, 4.69) is 14.8 Å². The first-order valence-corrected chi connectivity index (χ1v) is 8.97. The molecule has 1 aliphatic carbocycles. The fourth-order valence-electron chi connectivity index (χ4n) is 3.16. The first-order chi connectivity index (χ1) is 12.1. The number of aromatic nitrogens is 1. The zero-order valence-corrected chi connectivity index (χ0v) is 14.3. The van der Waals surface area contributed by atoms with Crippen LogP contribution < -0.4 is 14.5 Å². The lowest BCUT2D eigenvalue weighted by Gasteiger charge is -2.36. The first-order valence-electron chi connectivity index (χ1n) is 8.15. The summed E-state index contributed by atoms with van der Waals surface area (Å²) < 4.78 is 0.108. The van der Waals surface area contributed by atoms with Gasteiger partial charge in [-0.05, 0) is 36.8 Å². The van der Waals surface area contributed by atoms with E-state index in [1.165, 1.54) is 11.3 Å². The maximum Gasteiger partial charge on any atom is 0.335 e. The van der Waals surface area contributed by atoms with E-state index in [1.807, 2.05) is 24.3 Å². The lowest BCUT2D eigenvalue weighted by Crippen LogP contribution is -2.46. The third-order valence-corrected chi connectivity index (χ3v) is 5.55. The summed E-state index contributed by atoms with van der Waals surface area (Å²) in [5.74, 6) is -0.914. The van der Waals surface area contributed by atoms with Crippen molar-refractivity contribution in [2.24, 2.45) is 0 Å². The maximum absolute atomic E-state index is 12.2. The third kappa shape index (κ3) is 3.02. The summed E-state index contributed by atoms with van der Waals surface area (Å²) >= 11 is 1.23. The van der Waals surface area contributed by atoms with Crippen molar-refractivity contribution in [1.29, 1.82) is 0 Å². The monoisotopic (exact) mass is 355 g/mol. The molecule has 1 fully saturated rings. The molecule has 0 unspecified atom stereocenters. The lowest BCUT2D eigenvalue weighted by molar-refractivity contribution is 0.0697. The topological polar surface area (TPSA) is 73.7 Å². The van der Waals surface area contributed by atoms with Crippen LogP contribution in [-0.4, -0.2) is 42.2 Å². The molecule has 1 aromatic carbocycles. The summed E-state index contributed by atoms with van der Waals surface area (Å²) in [5.41, 5.74) is 2.93. The van der Waals surface area contributed by atoms with Crippen molar-refractivity contribution in [2.45, 2.75) is 6.42 Å². The van der Waals surface area contributed by atoms with Gasteiger partial charge in [0.05, 0.1) is 11.3 Å². The highest BCUT2D eigenvalue weighted by molar-refractivity contribution is 7.13. The van der Waals surface area contributed by atoms with Crippen LogP contribution in [0, 0.1) is 0 Å². The molecule has 0 bridgehead atoms. The average Bonchev–Trinajstić information content (AvgIpc) is 3.11. The van der Waals surface area contributed by atoms with Crippen LogP contribution >= 0.6 is 11.3 Å². The van der Waals surface area contributed by atoms with Gasteiger partial charge in [-0.1, -0.05) is 17.4 Å². The summed E-state index contributed by atoms with van der Waals surface area (Å²) in [6.07, 6.45) is 4.60. The molecule has 1 N–H and O–H groups in total. The molecular formula is C18H17N3O3S. The SMILES string of the molecule is O=C(O)c1ccc(N2CCN(c3nc4c(c(=O)s3)CC=C4)CC2)cc1. The van der Waals surface area contributed by atoms with Crippen LogP contribution in [0.25, 0.3) is 6.08 Å². The molecule has 25 heavy (non-hydrogen) atoms. The standard InChI is InChI=1S/C18H17N3O3S/c22-16(23)12-4-6-13(7-5-12)20-8-10-21(11-9-20)18-19-15-3-1-2-14(15)17(24)25-18/h1,3-7H,2,8-11H2,(H,22,23).